The Balaban J connectivity index is 2.87. The zero-order valence-corrected chi connectivity index (χ0v) is 10.3. The Morgan fingerprint density at radius 3 is 2.39 bits per heavy atom. The number of hydrogen-bond acceptors (Lipinski definition) is 2. The molecule has 18 heavy (non-hydrogen) atoms. The Hall–Kier alpha value is -1.30. The van der Waals surface area contributed by atoms with Gasteiger partial charge in [0.15, 0.2) is 5.82 Å². The zero-order chi connectivity index (χ0) is 13.9. The van der Waals surface area contributed by atoms with Crippen molar-refractivity contribution in [1.29, 1.82) is 0 Å². The largest absolute Gasteiger partial charge is 0.401 e. The van der Waals surface area contributed by atoms with Gasteiger partial charge in [0.2, 0.25) is 0 Å². The molecule has 0 aliphatic rings. The van der Waals surface area contributed by atoms with Gasteiger partial charge in [0.05, 0.1) is 12.2 Å². The van der Waals surface area contributed by atoms with E-state index in [2.05, 4.69) is 0 Å². The standard InChI is InChI=1S/C12H16F4N2/c1-8(2)18(7-12(14,15)16)6-9-4-3-5-10(17)11(9)13/h3-5,8H,6-7,17H2,1-2H3. The lowest BCUT2D eigenvalue weighted by atomic mass is 10.1. The molecule has 0 saturated heterocycles. The van der Waals surface area contributed by atoms with Gasteiger partial charge in [0.25, 0.3) is 0 Å². The van der Waals surface area contributed by atoms with Crippen molar-refractivity contribution >= 4 is 5.69 Å². The number of benzene rings is 1. The number of nitrogens with two attached hydrogens (primary N) is 1. The van der Waals surface area contributed by atoms with Crippen LogP contribution in [0.1, 0.15) is 19.4 Å². The van der Waals surface area contributed by atoms with E-state index in [-0.39, 0.29) is 23.8 Å². The van der Waals surface area contributed by atoms with Gasteiger partial charge < -0.3 is 5.73 Å². The molecule has 0 unspecified atom stereocenters. The minimum atomic E-state index is -4.30. The summed E-state index contributed by atoms with van der Waals surface area (Å²) < 4.78 is 50.8. The fourth-order valence-corrected chi connectivity index (χ4v) is 1.59. The highest BCUT2D eigenvalue weighted by Gasteiger charge is 2.32. The number of halogens is 4. The molecule has 0 radical (unpaired) electrons. The van der Waals surface area contributed by atoms with E-state index in [1.165, 1.54) is 18.2 Å². The van der Waals surface area contributed by atoms with Gasteiger partial charge in [-0.05, 0) is 19.9 Å². The zero-order valence-electron chi connectivity index (χ0n) is 10.3. The predicted octanol–water partition coefficient (Wildman–Crippen LogP) is 3.18. The topological polar surface area (TPSA) is 29.3 Å². The van der Waals surface area contributed by atoms with Crippen LogP contribution in [0.25, 0.3) is 0 Å². The Labute approximate surface area is 103 Å². The van der Waals surface area contributed by atoms with Crippen LogP contribution in [0.3, 0.4) is 0 Å². The molecule has 0 aliphatic heterocycles. The van der Waals surface area contributed by atoms with Crippen molar-refractivity contribution in [2.45, 2.75) is 32.6 Å². The Morgan fingerprint density at radius 1 is 1.28 bits per heavy atom. The third-order valence-corrected chi connectivity index (χ3v) is 2.59. The highest BCUT2D eigenvalue weighted by molar-refractivity contribution is 5.42. The van der Waals surface area contributed by atoms with E-state index >= 15 is 0 Å². The summed E-state index contributed by atoms with van der Waals surface area (Å²) >= 11 is 0. The lowest BCUT2D eigenvalue weighted by Crippen LogP contribution is -2.38. The van der Waals surface area contributed by atoms with Gasteiger partial charge in [-0.3, -0.25) is 4.90 Å². The van der Waals surface area contributed by atoms with Crippen molar-refractivity contribution < 1.29 is 17.6 Å². The van der Waals surface area contributed by atoms with Gasteiger partial charge in [0, 0.05) is 18.2 Å². The van der Waals surface area contributed by atoms with Gasteiger partial charge in [-0.25, -0.2) is 4.39 Å². The highest BCUT2D eigenvalue weighted by atomic mass is 19.4. The third kappa shape index (κ3) is 4.18. The highest BCUT2D eigenvalue weighted by Crippen LogP contribution is 2.22. The summed E-state index contributed by atoms with van der Waals surface area (Å²) in [5, 5.41) is 0. The number of rotatable bonds is 4. The van der Waals surface area contributed by atoms with E-state index in [1.54, 1.807) is 13.8 Å². The number of nitrogens with zero attached hydrogens (tertiary/aromatic N) is 1. The monoisotopic (exact) mass is 264 g/mol. The summed E-state index contributed by atoms with van der Waals surface area (Å²) in [5.41, 5.74) is 5.51. The van der Waals surface area contributed by atoms with Crippen LogP contribution in [-0.4, -0.2) is 23.7 Å². The molecule has 0 fully saturated rings. The molecule has 0 heterocycles. The van der Waals surface area contributed by atoms with Crippen LogP contribution in [0.2, 0.25) is 0 Å². The summed E-state index contributed by atoms with van der Waals surface area (Å²) in [5.74, 6) is -0.648. The number of hydrogen-bond donors (Lipinski definition) is 1. The molecule has 1 rings (SSSR count). The van der Waals surface area contributed by atoms with Gasteiger partial charge in [-0.2, -0.15) is 13.2 Å². The lowest BCUT2D eigenvalue weighted by Gasteiger charge is -2.27. The summed E-state index contributed by atoms with van der Waals surface area (Å²) in [6, 6.07) is 4.01. The van der Waals surface area contributed by atoms with Gasteiger partial charge >= 0.3 is 6.18 Å². The second kappa shape index (κ2) is 5.56. The first-order chi connectivity index (χ1) is 8.20. The molecule has 2 N–H and O–H groups in total. The van der Waals surface area contributed by atoms with Crippen molar-refractivity contribution in [3.05, 3.63) is 29.6 Å². The smallest absolute Gasteiger partial charge is 0.396 e. The van der Waals surface area contributed by atoms with Gasteiger partial charge in [-0.1, -0.05) is 12.1 Å². The average Bonchev–Trinajstić information content (AvgIpc) is 2.21. The Bertz CT molecular complexity index is 402. The predicted molar refractivity (Wildman–Crippen MR) is 62.4 cm³/mol. The van der Waals surface area contributed by atoms with Crippen LogP contribution in [0.5, 0.6) is 0 Å². The second-order valence-corrected chi connectivity index (χ2v) is 4.43. The molecule has 0 aliphatic carbocycles. The first-order valence-electron chi connectivity index (χ1n) is 5.54. The van der Waals surface area contributed by atoms with E-state index in [9.17, 15) is 17.6 Å². The molecule has 6 heteroatoms. The maximum Gasteiger partial charge on any atom is 0.401 e. The van der Waals surface area contributed by atoms with Gasteiger partial charge in [0.1, 0.15) is 0 Å². The van der Waals surface area contributed by atoms with E-state index in [0.29, 0.717) is 0 Å². The Morgan fingerprint density at radius 2 is 1.89 bits per heavy atom. The van der Waals surface area contributed by atoms with Crippen LogP contribution in [0, 0.1) is 5.82 Å². The van der Waals surface area contributed by atoms with Crippen LogP contribution < -0.4 is 5.73 Å². The van der Waals surface area contributed by atoms with E-state index < -0.39 is 18.5 Å². The molecule has 1 aromatic carbocycles. The normalized spacial score (nSPS) is 12.4. The molecule has 2 nitrogen and oxygen atoms in total. The number of nitrogen functional groups attached to an aromatic ring is 1. The molecule has 0 atom stereocenters. The Kier molecular flexibility index (Phi) is 4.56. The molecule has 0 amide bonds. The van der Waals surface area contributed by atoms with E-state index in [0.717, 1.165) is 4.90 Å². The fourth-order valence-electron chi connectivity index (χ4n) is 1.59. The first-order valence-corrected chi connectivity index (χ1v) is 5.54. The third-order valence-electron chi connectivity index (χ3n) is 2.59. The summed E-state index contributed by atoms with van der Waals surface area (Å²) in [7, 11) is 0. The SMILES string of the molecule is CC(C)N(Cc1cccc(N)c1F)CC(F)(F)F. The maximum absolute atomic E-state index is 13.6. The minimum absolute atomic E-state index is 0.0526. The molecule has 1 aromatic rings. The number of alkyl halides is 3. The molecule has 102 valence electrons. The molecular formula is C12H16F4N2. The summed E-state index contributed by atoms with van der Waals surface area (Å²) in [6.45, 7) is 2.08. The molecule has 0 saturated carbocycles. The summed E-state index contributed by atoms with van der Waals surface area (Å²) in [6.07, 6.45) is -4.30. The number of anilines is 1. The van der Waals surface area contributed by atoms with Crippen LogP contribution in [0.4, 0.5) is 23.2 Å². The summed E-state index contributed by atoms with van der Waals surface area (Å²) in [4.78, 5) is 1.15. The van der Waals surface area contributed by atoms with Crippen molar-refractivity contribution in [2.24, 2.45) is 0 Å². The average molecular weight is 264 g/mol. The molecule has 0 bridgehead atoms. The van der Waals surface area contributed by atoms with Crippen LogP contribution in [-0.2, 0) is 6.54 Å². The fraction of sp³-hybridized carbons (Fsp3) is 0.500. The van der Waals surface area contributed by atoms with Gasteiger partial charge in [-0.15, -0.1) is 0 Å². The van der Waals surface area contributed by atoms with Crippen LogP contribution >= 0.6 is 0 Å². The minimum Gasteiger partial charge on any atom is -0.396 e. The maximum atomic E-state index is 13.6. The van der Waals surface area contributed by atoms with E-state index in [1.807, 2.05) is 0 Å². The van der Waals surface area contributed by atoms with Crippen molar-refractivity contribution in [3.63, 3.8) is 0 Å². The van der Waals surface area contributed by atoms with Crippen LogP contribution in [0.15, 0.2) is 18.2 Å². The first kappa shape index (κ1) is 14.8. The quantitative estimate of drug-likeness (QED) is 0.668. The van der Waals surface area contributed by atoms with Crippen molar-refractivity contribution in [2.75, 3.05) is 12.3 Å². The van der Waals surface area contributed by atoms with E-state index in [4.69, 9.17) is 5.73 Å². The molecular weight excluding hydrogens is 248 g/mol. The molecule has 0 aromatic heterocycles. The second-order valence-electron chi connectivity index (χ2n) is 4.43. The lowest BCUT2D eigenvalue weighted by molar-refractivity contribution is -0.151. The van der Waals surface area contributed by atoms with Crippen molar-refractivity contribution in [3.8, 4) is 0 Å². The van der Waals surface area contributed by atoms with Crippen molar-refractivity contribution in [1.82, 2.24) is 4.90 Å². The molecule has 0 spiro atoms.